The highest BCUT2D eigenvalue weighted by Crippen LogP contribution is 2.20. The Bertz CT molecular complexity index is 711. The summed E-state index contributed by atoms with van der Waals surface area (Å²) in [5.74, 6) is 1.69. The van der Waals surface area contributed by atoms with E-state index >= 15 is 0 Å². The molecule has 0 aliphatic rings. The number of aliphatic imine (C=N–C) groups is 1. The number of benzene rings is 1. The average Bonchev–Trinajstić information content (AvgIpc) is 3.07. The van der Waals surface area contributed by atoms with Crippen LogP contribution in [-0.2, 0) is 13.0 Å². The van der Waals surface area contributed by atoms with E-state index < -0.39 is 0 Å². The smallest absolute Gasteiger partial charge is 0.191 e. The van der Waals surface area contributed by atoms with Gasteiger partial charge in [0.1, 0.15) is 5.75 Å². The Labute approximate surface area is 154 Å². The number of nitrogens with one attached hydrogen (secondary N) is 2. The lowest BCUT2D eigenvalue weighted by molar-refractivity contribution is 0.409. The molecule has 1 aromatic carbocycles. The normalized spacial score (nSPS) is 11.3. The van der Waals surface area contributed by atoms with Crippen molar-refractivity contribution in [2.24, 2.45) is 4.99 Å². The first kappa shape index (κ1) is 19.1. The zero-order valence-electron chi connectivity index (χ0n) is 15.6. The van der Waals surface area contributed by atoms with Crippen molar-refractivity contribution in [3.63, 3.8) is 0 Å². The number of aryl methyl sites for hydroxylation is 1. The average molecular weight is 362 g/mol. The van der Waals surface area contributed by atoms with Crippen molar-refractivity contribution in [3.8, 4) is 5.75 Å². The van der Waals surface area contributed by atoms with Gasteiger partial charge in [-0.3, -0.25) is 4.99 Å². The summed E-state index contributed by atoms with van der Waals surface area (Å²) in [5.41, 5.74) is 3.44. The predicted octanol–water partition coefficient (Wildman–Crippen LogP) is 2.43. The second-order valence-corrected chi connectivity index (χ2v) is 6.77. The van der Waals surface area contributed by atoms with Crippen LogP contribution < -0.4 is 20.3 Å². The monoisotopic (exact) mass is 361 g/mol. The molecule has 0 fully saturated rings. The van der Waals surface area contributed by atoms with Crippen LogP contribution in [0.2, 0.25) is 0 Å². The Morgan fingerprint density at radius 1 is 1.32 bits per heavy atom. The third-order valence-electron chi connectivity index (χ3n) is 3.71. The minimum absolute atomic E-state index is 0.651. The van der Waals surface area contributed by atoms with Gasteiger partial charge < -0.3 is 20.3 Å². The van der Waals surface area contributed by atoms with Crippen LogP contribution in [0, 0.1) is 6.92 Å². The molecule has 0 unspecified atom stereocenters. The van der Waals surface area contributed by atoms with Gasteiger partial charge in [0, 0.05) is 33.1 Å². The third-order valence-corrected chi connectivity index (χ3v) is 4.76. The number of aromatic nitrogens is 1. The Kier molecular flexibility index (Phi) is 7.06. The van der Waals surface area contributed by atoms with E-state index in [4.69, 9.17) is 4.74 Å². The molecule has 0 amide bonds. The highest BCUT2D eigenvalue weighted by Gasteiger charge is 2.06. The number of methoxy groups -OCH3 is 1. The van der Waals surface area contributed by atoms with Crippen molar-refractivity contribution in [2.45, 2.75) is 19.9 Å². The molecular weight excluding hydrogens is 334 g/mol. The van der Waals surface area contributed by atoms with Gasteiger partial charge in [0.2, 0.25) is 0 Å². The van der Waals surface area contributed by atoms with E-state index in [0.717, 1.165) is 35.5 Å². The predicted molar refractivity (Wildman–Crippen MR) is 106 cm³/mol. The van der Waals surface area contributed by atoms with Crippen LogP contribution in [0.25, 0.3) is 0 Å². The highest BCUT2D eigenvalue weighted by molar-refractivity contribution is 7.13. The molecule has 1 heterocycles. The van der Waals surface area contributed by atoms with E-state index in [-0.39, 0.29) is 0 Å². The molecule has 0 bridgehead atoms. The lowest BCUT2D eigenvalue weighted by Gasteiger charge is -2.13. The Balaban J connectivity index is 1.83. The van der Waals surface area contributed by atoms with E-state index in [1.807, 2.05) is 25.1 Å². The van der Waals surface area contributed by atoms with Crippen LogP contribution in [0.5, 0.6) is 5.75 Å². The van der Waals surface area contributed by atoms with Gasteiger partial charge in [-0.05, 0) is 25.0 Å². The van der Waals surface area contributed by atoms with Crippen LogP contribution in [0.1, 0.15) is 16.8 Å². The summed E-state index contributed by atoms with van der Waals surface area (Å²) in [6, 6.07) is 6.24. The van der Waals surface area contributed by atoms with Gasteiger partial charge in [0.15, 0.2) is 11.1 Å². The molecule has 0 aliphatic heterocycles. The first-order valence-electron chi connectivity index (χ1n) is 8.23. The molecule has 0 radical (unpaired) electrons. The fraction of sp³-hybridized carbons (Fsp3) is 0.444. The third kappa shape index (κ3) is 5.63. The largest absolute Gasteiger partial charge is 0.496 e. The zero-order valence-corrected chi connectivity index (χ0v) is 16.4. The van der Waals surface area contributed by atoms with E-state index in [0.29, 0.717) is 6.54 Å². The second-order valence-electron chi connectivity index (χ2n) is 5.93. The highest BCUT2D eigenvalue weighted by atomic mass is 32.1. The Hall–Kier alpha value is -2.28. The molecule has 2 rings (SSSR count). The minimum Gasteiger partial charge on any atom is -0.496 e. The number of anilines is 1. The van der Waals surface area contributed by atoms with Crippen molar-refractivity contribution >= 4 is 22.4 Å². The molecule has 2 aromatic rings. The van der Waals surface area contributed by atoms with Crippen LogP contribution in [0.3, 0.4) is 0 Å². The number of rotatable bonds is 7. The lowest BCUT2D eigenvalue weighted by atomic mass is 10.1. The number of hydrogen-bond acceptors (Lipinski definition) is 5. The molecule has 7 heteroatoms. The summed E-state index contributed by atoms with van der Waals surface area (Å²) >= 11 is 1.64. The Morgan fingerprint density at radius 3 is 2.76 bits per heavy atom. The van der Waals surface area contributed by atoms with Gasteiger partial charge >= 0.3 is 0 Å². The molecule has 0 saturated carbocycles. The van der Waals surface area contributed by atoms with Crippen LogP contribution >= 0.6 is 11.3 Å². The number of ether oxygens (including phenoxy) is 1. The maximum Gasteiger partial charge on any atom is 0.191 e. The molecule has 0 spiro atoms. The summed E-state index contributed by atoms with van der Waals surface area (Å²) in [6.07, 6.45) is 0.868. The molecule has 1 aromatic heterocycles. The summed E-state index contributed by atoms with van der Waals surface area (Å²) in [5, 5.41) is 9.70. The molecule has 2 N–H and O–H groups in total. The van der Waals surface area contributed by atoms with Gasteiger partial charge in [-0.2, -0.15) is 0 Å². The fourth-order valence-electron chi connectivity index (χ4n) is 2.40. The Morgan fingerprint density at radius 2 is 2.12 bits per heavy atom. The second kappa shape index (κ2) is 9.27. The fourth-order valence-corrected chi connectivity index (χ4v) is 3.15. The summed E-state index contributed by atoms with van der Waals surface area (Å²) < 4.78 is 5.43. The van der Waals surface area contributed by atoms with Crippen LogP contribution in [0.15, 0.2) is 28.6 Å². The van der Waals surface area contributed by atoms with Crippen molar-refractivity contribution in [2.75, 3.05) is 39.7 Å². The van der Waals surface area contributed by atoms with Crippen molar-refractivity contribution in [3.05, 3.63) is 40.4 Å². The van der Waals surface area contributed by atoms with E-state index in [1.54, 1.807) is 25.5 Å². The molecule has 0 atom stereocenters. The van der Waals surface area contributed by atoms with Gasteiger partial charge in [-0.15, -0.1) is 11.3 Å². The standard InChI is InChI=1S/C18H27N5OS/c1-13-6-7-16(24-5)14(10-13)8-9-20-17(19-2)21-11-15-12-25-18(22-15)23(3)4/h6-7,10,12H,8-9,11H2,1-5H3,(H2,19,20,21). The van der Waals surface area contributed by atoms with E-state index in [1.165, 1.54) is 11.1 Å². The van der Waals surface area contributed by atoms with Gasteiger partial charge in [0.25, 0.3) is 0 Å². The topological polar surface area (TPSA) is 61.8 Å². The van der Waals surface area contributed by atoms with E-state index in [9.17, 15) is 0 Å². The lowest BCUT2D eigenvalue weighted by Crippen LogP contribution is -2.38. The molecule has 25 heavy (non-hydrogen) atoms. The number of thiazole rings is 1. The number of nitrogens with zero attached hydrogens (tertiary/aromatic N) is 3. The van der Waals surface area contributed by atoms with Crippen molar-refractivity contribution in [1.29, 1.82) is 0 Å². The molecular formula is C18H27N5OS. The van der Waals surface area contributed by atoms with Crippen molar-refractivity contribution in [1.82, 2.24) is 15.6 Å². The number of hydrogen-bond donors (Lipinski definition) is 2. The summed E-state index contributed by atoms with van der Waals surface area (Å²) in [6.45, 7) is 3.52. The van der Waals surface area contributed by atoms with Gasteiger partial charge in [-0.25, -0.2) is 4.98 Å². The summed E-state index contributed by atoms with van der Waals surface area (Å²) in [7, 11) is 7.47. The summed E-state index contributed by atoms with van der Waals surface area (Å²) in [4.78, 5) is 10.8. The molecule has 0 saturated heterocycles. The minimum atomic E-state index is 0.651. The van der Waals surface area contributed by atoms with Crippen LogP contribution in [-0.4, -0.2) is 45.7 Å². The maximum absolute atomic E-state index is 5.43. The van der Waals surface area contributed by atoms with E-state index in [2.05, 4.69) is 45.0 Å². The quantitative estimate of drug-likeness (QED) is 0.586. The van der Waals surface area contributed by atoms with Gasteiger partial charge in [0.05, 0.1) is 19.3 Å². The molecule has 6 nitrogen and oxygen atoms in total. The molecule has 136 valence electrons. The zero-order chi connectivity index (χ0) is 18.2. The van der Waals surface area contributed by atoms with Gasteiger partial charge in [-0.1, -0.05) is 17.7 Å². The van der Waals surface area contributed by atoms with Crippen LogP contribution in [0.4, 0.5) is 5.13 Å². The maximum atomic E-state index is 5.43. The van der Waals surface area contributed by atoms with Crippen molar-refractivity contribution < 1.29 is 4.74 Å². The SMILES string of the molecule is CN=C(NCCc1cc(C)ccc1OC)NCc1csc(N(C)C)n1. The first-order valence-corrected chi connectivity index (χ1v) is 9.11. The number of guanidine groups is 1. The molecule has 0 aliphatic carbocycles. The first-order chi connectivity index (χ1) is 12.0.